The largest absolute Gasteiger partial charge is 0.376 e. The van der Waals surface area contributed by atoms with Crippen molar-refractivity contribution in [1.82, 2.24) is 14.9 Å². The van der Waals surface area contributed by atoms with E-state index in [-0.39, 0.29) is 0 Å². The summed E-state index contributed by atoms with van der Waals surface area (Å²) in [4.78, 5) is 4.22. The molecule has 1 aliphatic carbocycles. The Morgan fingerprint density at radius 2 is 2.16 bits per heavy atom. The van der Waals surface area contributed by atoms with Crippen LogP contribution in [-0.2, 0) is 11.3 Å². The molecule has 108 valence electrons. The second-order valence-corrected chi connectivity index (χ2v) is 5.47. The molecule has 0 spiro atoms. The standard InChI is InChI=1S/C15H27N3O/c1-3-8-17-14-4-6-15(7-5-14)19-12-11-18-10-9-16-13(18)2/h9-10,14-15,17H,3-8,11-12H2,1-2H3. The first-order valence-electron chi connectivity index (χ1n) is 7.62. The van der Waals surface area contributed by atoms with Gasteiger partial charge in [-0.2, -0.15) is 0 Å². The maximum Gasteiger partial charge on any atom is 0.105 e. The molecule has 0 amide bonds. The van der Waals surface area contributed by atoms with Gasteiger partial charge < -0.3 is 14.6 Å². The van der Waals surface area contributed by atoms with E-state index in [1.807, 2.05) is 19.3 Å². The average molecular weight is 265 g/mol. The molecule has 2 rings (SSSR count). The fraction of sp³-hybridized carbons (Fsp3) is 0.800. The summed E-state index contributed by atoms with van der Waals surface area (Å²) >= 11 is 0. The van der Waals surface area contributed by atoms with Crippen LogP contribution in [0.1, 0.15) is 44.9 Å². The van der Waals surface area contributed by atoms with Crippen LogP contribution in [0, 0.1) is 6.92 Å². The van der Waals surface area contributed by atoms with E-state index in [2.05, 4.69) is 21.8 Å². The maximum absolute atomic E-state index is 5.99. The van der Waals surface area contributed by atoms with Crippen LogP contribution >= 0.6 is 0 Å². The van der Waals surface area contributed by atoms with Gasteiger partial charge in [-0.05, 0) is 45.6 Å². The van der Waals surface area contributed by atoms with Crippen molar-refractivity contribution in [1.29, 1.82) is 0 Å². The average Bonchev–Trinajstić information content (AvgIpc) is 2.84. The molecular weight excluding hydrogens is 238 g/mol. The minimum Gasteiger partial charge on any atom is -0.376 e. The number of nitrogens with one attached hydrogen (secondary N) is 1. The van der Waals surface area contributed by atoms with Crippen molar-refractivity contribution in [2.45, 2.75) is 64.6 Å². The van der Waals surface area contributed by atoms with Gasteiger partial charge in [0.2, 0.25) is 0 Å². The van der Waals surface area contributed by atoms with E-state index in [0.717, 1.165) is 31.6 Å². The van der Waals surface area contributed by atoms with E-state index in [0.29, 0.717) is 6.10 Å². The number of rotatable bonds is 7. The van der Waals surface area contributed by atoms with E-state index >= 15 is 0 Å². The molecule has 1 aromatic heterocycles. The number of aromatic nitrogens is 2. The Balaban J connectivity index is 1.59. The van der Waals surface area contributed by atoms with E-state index in [9.17, 15) is 0 Å². The first-order valence-corrected chi connectivity index (χ1v) is 7.62. The molecule has 0 saturated heterocycles. The molecule has 19 heavy (non-hydrogen) atoms. The van der Waals surface area contributed by atoms with Crippen molar-refractivity contribution in [3.8, 4) is 0 Å². The number of ether oxygens (including phenoxy) is 1. The summed E-state index contributed by atoms with van der Waals surface area (Å²) in [6, 6.07) is 0.718. The third-order valence-electron chi connectivity index (χ3n) is 3.97. The number of imidazole rings is 1. The lowest BCUT2D eigenvalue weighted by Crippen LogP contribution is -2.36. The van der Waals surface area contributed by atoms with Gasteiger partial charge in [-0.15, -0.1) is 0 Å². The van der Waals surface area contributed by atoms with Crippen LogP contribution in [-0.4, -0.2) is 34.8 Å². The fourth-order valence-electron chi connectivity index (χ4n) is 2.74. The predicted octanol–water partition coefficient (Wildman–Crippen LogP) is 2.52. The highest BCUT2D eigenvalue weighted by atomic mass is 16.5. The minimum absolute atomic E-state index is 0.462. The van der Waals surface area contributed by atoms with Crippen LogP contribution in [0.3, 0.4) is 0 Å². The molecule has 1 saturated carbocycles. The van der Waals surface area contributed by atoms with Gasteiger partial charge in [0, 0.05) is 25.0 Å². The number of hydrogen-bond acceptors (Lipinski definition) is 3. The lowest BCUT2D eigenvalue weighted by molar-refractivity contribution is 0.0182. The Hall–Kier alpha value is -0.870. The van der Waals surface area contributed by atoms with Crippen molar-refractivity contribution >= 4 is 0 Å². The highest BCUT2D eigenvalue weighted by molar-refractivity contribution is 4.88. The third kappa shape index (κ3) is 4.62. The van der Waals surface area contributed by atoms with E-state index in [1.165, 1.54) is 32.1 Å². The van der Waals surface area contributed by atoms with Gasteiger partial charge in [0.15, 0.2) is 0 Å². The summed E-state index contributed by atoms with van der Waals surface area (Å²) in [7, 11) is 0. The van der Waals surface area contributed by atoms with Crippen molar-refractivity contribution in [2.75, 3.05) is 13.2 Å². The van der Waals surface area contributed by atoms with Gasteiger partial charge >= 0.3 is 0 Å². The van der Waals surface area contributed by atoms with Gasteiger partial charge in [0.1, 0.15) is 5.82 Å². The highest BCUT2D eigenvalue weighted by Crippen LogP contribution is 2.21. The molecule has 1 heterocycles. The monoisotopic (exact) mass is 265 g/mol. The zero-order valence-corrected chi connectivity index (χ0v) is 12.3. The molecule has 4 nitrogen and oxygen atoms in total. The Morgan fingerprint density at radius 3 is 2.79 bits per heavy atom. The Labute approximate surface area is 116 Å². The number of hydrogen-bond donors (Lipinski definition) is 1. The topological polar surface area (TPSA) is 39.1 Å². The SMILES string of the molecule is CCCNC1CCC(OCCn2ccnc2C)CC1. The molecule has 0 atom stereocenters. The first-order chi connectivity index (χ1) is 9.29. The van der Waals surface area contributed by atoms with E-state index in [1.54, 1.807) is 0 Å². The van der Waals surface area contributed by atoms with E-state index < -0.39 is 0 Å². The molecule has 1 N–H and O–H groups in total. The molecule has 1 fully saturated rings. The van der Waals surface area contributed by atoms with Gasteiger partial charge in [-0.1, -0.05) is 6.92 Å². The molecule has 4 heteroatoms. The molecular formula is C15H27N3O. The zero-order chi connectivity index (χ0) is 13.5. The minimum atomic E-state index is 0.462. The Kier molecular flexibility index (Phi) is 5.86. The van der Waals surface area contributed by atoms with Crippen LogP contribution in [0.25, 0.3) is 0 Å². The van der Waals surface area contributed by atoms with Crippen molar-refractivity contribution in [2.24, 2.45) is 0 Å². The number of aryl methyl sites for hydroxylation is 1. The maximum atomic E-state index is 5.99. The fourth-order valence-corrected chi connectivity index (χ4v) is 2.74. The van der Waals surface area contributed by atoms with Crippen LogP contribution in [0.4, 0.5) is 0 Å². The predicted molar refractivity (Wildman–Crippen MR) is 77.3 cm³/mol. The van der Waals surface area contributed by atoms with Crippen LogP contribution in [0.5, 0.6) is 0 Å². The Bertz CT molecular complexity index is 356. The smallest absolute Gasteiger partial charge is 0.105 e. The molecule has 0 aromatic carbocycles. The molecule has 0 aliphatic heterocycles. The summed E-state index contributed by atoms with van der Waals surface area (Å²) in [6.07, 6.45) is 10.5. The second kappa shape index (κ2) is 7.65. The Morgan fingerprint density at radius 1 is 1.37 bits per heavy atom. The summed E-state index contributed by atoms with van der Waals surface area (Å²) in [6.45, 7) is 7.12. The first kappa shape index (κ1) is 14.5. The van der Waals surface area contributed by atoms with Crippen molar-refractivity contribution in [3.05, 3.63) is 18.2 Å². The summed E-state index contributed by atoms with van der Waals surface area (Å²) in [5.74, 6) is 1.07. The van der Waals surface area contributed by atoms with Crippen molar-refractivity contribution < 1.29 is 4.74 Å². The van der Waals surface area contributed by atoms with Crippen LogP contribution in [0.15, 0.2) is 12.4 Å². The summed E-state index contributed by atoms with van der Waals surface area (Å²) in [5, 5.41) is 3.61. The number of nitrogens with zero attached hydrogens (tertiary/aromatic N) is 2. The van der Waals surface area contributed by atoms with Gasteiger partial charge in [-0.3, -0.25) is 0 Å². The highest BCUT2D eigenvalue weighted by Gasteiger charge is 2.20. The lowest BCUT2D eigenvalue weighted by Gasteiger charge is -2.29. The molecule has 1 aliphatic rings. The summed E-state index contributed by atoms with van der Waals surface area (Å²) in [5.41, 5.74) is 0. The van der Waals surface area contributed by atoms with Crippen LogP contribution < -0.4 is 5.32 Å². The zero-order valence-electron chi connectivity index (χ0n) is 12.3. The molecule has 0 bridgehead atoms. The quantitative estimate of drug-likeness (QED) is 0.823. The van der Waals surface area contributed by atoms with Crippen molar-refractivity contribution in [3.63, 3.8) is 0 Å². The normalized spacial score (nSPS) is 23.7. The van der Waals surface area contributed by atoms with Gasteiger partial charge in [0.25, 0.3) is 0 Å². The van der Waals surface area contributed by atoms with Gasteiger partial charge in [0.05, 0.1) is 12.7 Å². The molecule has 0 unspecified atom stereocenters. The lowest BCUT2D eigenvalue weighted by atomic mass is 9.93. The van der Waals surface area contributed by atoms with E-state index in [4.69, 9.17) is 4.74 Å². The summed E-state index contributed by atoms with van der Waals surface area (Å²) < 4.78 is 8.13. The van der Waals surface area contributed by atoms with Crippen LogP contribution in [0.2, 0.25) is 0 Å². The van der Waals surface area contributed by atoms with Gasteiger partial charge in [-0.25, -0.2) is 4.98 Å². The second-order valence-electron chi connectivity index (χ2n) is 5.47. The molecule has 0 radical (unpaired) electrons. The molecule has 1 aromatic rings. The third-order valence-corrected chi connectivity index (χ3v) is 3.97.